The number of carbonyl (C=O) groups excluding carboxylic acids is 1. The van der Waals surface area contributed by atoms with Crippen LogP contribution in [-0.2, 0) is 11.3 Å². The zero-order valence-corrected chi connectivity index (χ0v) is 14.2. The van der Waals surface area contributed by atoms with E-state index in [1.165, 1.54) is 0 Å². The molecule has 0 fully saturated rings. The molecule has 0 atom stereocenters. The van der Waals surface area contributed by atoms with E-state index in [0.717, 1.165) is 11.4 Å². The van der Waals surface area contributed by atoms with E-state index in [4.69, 9.17) is 9.15 Å². The lowest BCUT2D eigenvalue weighted by Crippen LogP contribution is -2.27. The first-order chi connectivity index (χ1) is 10.3. The first-order valence-corrected chi connectivity index (χ1v) is 7.55. The molecule has 0 saturated carbocycles. The van der Waals surface area contributed by atoms with Gasteiger partial charge in [-0.3, -0.25) is 5.32 Å². The lowest BCUT2D eigenvalue weighted by Gasteiger charge is -2.19. The Kier molecular flexibility index (Phi) is 5.07. The number of furan rings is 1. The summed E-state index contributed by atoms with van der Waals surface area (Å²) in [6.07, 6.45) is 1.10. The molecule has 22 heavy (non-hydrogen) atoms. The Morgan fingerprint density at radius 2 is 2.09 bits per heavy atom. The monoisotopic (exact) mass is 367 g/mol. The Morgan fingerprint density at radius 3 is 2.64 bits per heavy atom. The zero-order valence-electron chi connectivity index (χ0n) is 12.6. The van der Waals surface area contributed by atoms with Crippen LogP contribution in [0.1, 0.15) is 26.5 Å². The summed E-state index contributed by atoms with van der Waals surface area (Å²) in [5.74, 6) is 1.24. The van der Waals surface area contributed by atoms with Crippen molar-refractivity contribution in [2.24, 2.45) is 0 Å². The first-order valence-electron chi connectivity index (χ1n) is 6.76. The Hall–Kier alpha value is -2.02. The lowest BCUT2D eigenvalue weighted by molar-refractivity contribution is 0.0635. The normalized spacial score (nSPS) is 11.1. The van der Waals surface area contributed by atoms with Crippen LogP contribution in [-0.4, -0.2) is 16.7 Å². The summed E-state index contributed by atoms with van der Waals surface area (Å²) in [4.78, 5) is 15.8. The van der Waals surface area contributed by atoms with Crippen molar-refractivity contribution in [3.05, 3.63) is 40.9 Å². The van der Waals surface area contributed by atoms with Crippen molar-refractivity contribution in [2.75, 3.05) is 10.6 Å². The predicted octanol–water partition coefficient (Wildman–Crippen LogP) is 4.40. The fraction of sp³-hybridized carbons (Fsp3) is 0.333. The first kappa shape index (κ1) is 16.4. The maximum absolute atomic E-state index is 11.6. The van der Waals surface area contributed by atoms with Crippen LogP contribution in [0.5, 0.6) is 0 Å². The van der Waals surface area contributed by atoms with Crippen LogP contribution in [0.3, 0.4) is 0 Å². The van der Waals surface area contributed by atoms with Crippen molar-refractivity contribution >= 4 is 33.5 Å². The Balaban J connectivity index is 1.86. The molecule has 0 aromatic carbocycles. The minimum Gasteiger partial charge on any atom is -0.452 e. The second-order valence-electron chi connectivity index (χ2n) is 5.62. The molecule has 0 aliphatic carbocycles. The Morgan fingerprint density at radius 1 is 1.32 bits per heavy atom. The highest BCUT2D eigenvalue weighted by Gasteiger charge is 2.16. The van der Waals surface area contributed by atoms with Crippen LogP contribution in [0.25, 0.3) is 0 Å². The molecule has 118 valence electrons. The van der Waals surface area contributed by atoms with Crippen molar-refractivity contribution in [1.82, 2.24) is 4.98 Å². The fourth-order valence-electron chi connectivity index (χ4n) is 1.62. The van der Waals surface area contributed by atoms with Crippen molar-refractivity contribution in [3.8, 4) is 0 Å². The summed E-state index contributed by atoms with van der Waals surface area (Å²) >= 11 is 3.25. The lowest BCUT2D eigenvalue weighted by atomic mass is 10.2. The highest BCUT2D eigenvalue weighted by atomic mass is 79.9. The molecule has 0 aliphatic heterocycles. The van der Waals surface area contributed by atoms with Crippen LogP contribution in [0.2, 0.25) is 0 Å². The molecule has 2 aromatic rings. The number of nitrogens with zero attached hydrogens (tertiary/aromatic N) is 1. The third-order valence-electron chi connectivity index (χ3n) is 2.49. The van der Waals surface area contributed by atoms with Gasteiger partial charge in [0.15, 0.2) is 4.67 Å². The van der Waals surface area contributed by atoms with Crippen LogP contribution in [0.4, 0.5) is 16.3 Å². The van der Waals surface area contributed by atoms with Gasteiger partial charge in [0.05, 0.1) is 18.4 Å². The van der Waals surface area contributed by atoms with Crippen LogP contribution in [0, 0.1) is 0 Å². The smallest absolute Gasteiger partial charge is 0.413 e. The van der Waals surface area contributed by atoms with Gasteiger partial charge < -0.3 is 14.5 Å². The van der Waals surface area contributed by atoms with Gasteiger partial charge >= 0.3 is 6.09 Å². The molecule has 2 aromatic heterocycles. The van der Waals surface area contributed by atoms with Gasteiger partial charge in [0, 0.05) is 0 Å². The van der Waals surface area contributed by atoms with Crippen LogP contribution in [0.15, 0.2) is 39.5 Å². The third-order valence-corrected chi connectivity index (χ3v) is 2.91. The number of halogens is 1. The Bertz CT molecular complexity index is 632. The van der Waals surface area contributed by atoms with Crippen molar-refractivity contribution in [3.63, 3.8) is 0 Å². The molecule has 0 aliphatic rings. The van der Waals surface area contributed by atoms with E-state index < -0.39 is 11.7 Å². The van der Waals surface area contributed by atoms with Gasteiger partial charge in [0.2, 0.25) is 0 Å². The average molecular weight is 368 g/mol. The molecule has 1 amide bonds. The number of amides is 1. The van der Waals surface area contributed by atoms with E-state index in [1.54, 1.807) is 33.0 Å². The number of hydrogen-bond acceptors (Lipinski definition) is 5. The molecule has 0 saturated heterocycles. The fourth-order valence-corrected chi connectivity index (χ4v) is 1.96. The number of nitrogens with one attached hydrogen (secondary N) is 2. The molecule has 2 N–H and O–H groups in total. The molecular formula is C15H18BrN3O3. The van der Waals surface area contributed by atoms with Crippen LogP contribution >= 0.6 is 15.9 Å². The summed E-state index contributed by atoms with van der Waals surface area (Å²) in [6, 6.07) is 7.23. The quantitative estimate of drug-likeness (QED) is 0.837. The number of ether oxygens (including phenoxy) is 1. The third kappa shape index (κ3) is 5.40. The van der Waals surface area contributed by atoms with Gasteiger partial charge in [-0.05, 0) is 61.0 Å². The average Bonchev–Trinajstić information content (AvgIpc) is 2.81. The number of anilines is 2. The van der Waals surface area contributed by atoms with Gasteiger partial charge in [-0.25, -0.2) is 9.78 Å². The summed E-state index contributed by atoms with van der Waals surface area (Å²) in [7, 11) is 0. The largest absolute Gasteiger partial charge is 0.452 e. The van der Waals surface area contributed by atoms with Gasteiger partial charge in [-0.15, -0.1) is 0 Å². The minimum absolute atomic E-state index is 0.431. The second-order valence-corrected chi connectivity index (χ2v) is 6.40. The standard InChI is InChI=1S/C15H18BrN3O3/c1-15(2,3)22-14(20)19-13-7-4-10(8-18-13)17-9-11-5-6-12(16)21-11/h4-8,17H,9H2,1-3H3,(H,18,19,20). The Labute approximate surface area is 137 Å². The van der Waals surface area contributed by atoms with E-state index in [1.807, 2.05) is 18.2 Å². The molecule has 0 bridgehead atoms. The number of pyridine rings is 1. The maximum Gasteiger partial charge on any atom is 0.413 e. The summed E-state index contributed by atoms with van der Waals surface area (Å²) in [5.41, 5.74) is 0.283. The van der Waals surface area contributed by atoms with E-state index >= 15 is 0 Å². The molecule has 2 heterocycles. The number of rotatable bonds is 4. The molecule has 2 rings (SSSR count). The summed E-state index contributed by atoms with van der Waals surface area (Å²) in [6.45, 7) is 5.96. The molecule has 0 radical (unpaired) electrons. The highest BCUT2D eigenvalue weighted by Crippen LogP contribution is 2.16. The predicted molar refractivity (Wildman–Crippen MR) is 87.8 cm³/mol. The maximum atomic E-state index is 11.6. The second kappa shape index (κ2) is 6.83. The van der Waals surface area contributed by atoms with Gasteiger partial charge in [-0.1, -0.05) is 0 Å². The van der Waals surface area contributed by atoms with Gasteiger partial charge in [0.1, 0.15) is 17.2 Å². The summed E-state index contributed by atoms with van der Waals surface area (Å²) < 4.78 is 11.2. The van der Waals surface area contributed by atoms with Crippen LogP contribution < -0.4 is 10.6 Å². The van der Waals surface area contributed by atoms with E-state index in [-0.39, 0.29) is 0 Å². The number of carbonyl (C=O) groups is 1. The van der Waals surface area contributed by atoms with Crippen molar-refractivity contribution < 1.29 is 13.9 Å². The zero-order chi connectivity index (χ0) is 16.2. The highest BCUT2D eigenvalue weighted by molar-refractivity contribution is 9.10. The van der Waals surface area contributed by atoms with Gasteiger partial charge in [0.25, 0.3) is 0 Å². The SMILES string of the molecule is CC(C)(C)OC(=O)Nc1ccc(NCc2ccc(Br)o2)cn1. The van der Waals surface area contributed by atoms with E-state index in [9.17, 15) is 4.79 Å². The van der Waals surface area contributed by atoms with E-state index in [2.05, 4.69) is 31.5 Å². The number of hydrogen-bond donors (Lipinski definition) is 2. The number of aromatic nitrogens is 1. The molecule has 6 nitrogen and oxygen atoms in total. The molecule has 7 heteroatoms. The topological polar surface area (TPSA) is 76.4 Å². The minimum atomic E-state index is -0.539. The van der Waals surface area contributed by atoms with Crippen molar-refractivity contribution in [2.45, 2.75) is 32.9 Å². The van der Waals surface area contributed by atoms with E-state index in [0.29, 0.717) is 17.0 Å². The molecule has 0 spiro atoms. The molecular weight excluding hydrogens is 350 g/mol. The van der Waals surface area contributed by atoms with Crippen molar-refractivity contribution in [1.29, 1.82) is 0 Å². The summed E-state index contributed by atoms with van der Waals surface area (Å²) in [5, 5.41) is 5.75. The molecule has 0 unspecified atom stereocenters. The van der Waals surface area contributed by atoms with Gasteiger partial charge in [-0.2, -0.15) is 0 Å².